The molecular weight excluding hydrogens is 168 g/mol. The van der Waals surface area contributed by atoms with Crippen LogP contribution < -0.4 is 4.74 Å². The molecule has 3 nitrogen and oxygen atoms in total. The molecule has 0 amide bonds. The van der Waals surface area contributed by atoms with E-state index >= 15 is 0 Å². The van der Waals surface area contributed by atoms with Gasteiger partial charge in [0.2, 0.25) is 5.88 Å². The lowest BCUT2D eigenvalue weighted by molar-refractivity contribution is -0.0529. The predicted molar refractivity (Wildman–Crippen MR) is 36.8 cm³/mol. The first kappa shape index (κ1) is 8.86. The van der Waals surface area contributed by atoms with Crippen LogP contribution in [0.3, 0.4) is 0 Å². The van der Waals surface area contributed by atoms with Gasteiger partial charge in [0.15, 0.2) is 0 Å². The van der Waals surface area contributed by atoms with Crippen LogP contribution in [-0.2, 0) is 6.61 Å². The predicted octanol–water partition coefficient (Wildman–Crippen LogP) is 1.18. The van der Waals surface area contributed by atoms with Gasteiger partial charge in [-0.3, -0.25) is 0 Å². The highest BCUT2D eigenvalue weighted by Crippen LogP contribution is 2.11. The maximum absolute atomic E-state index is 11.6. The first-order valence-corrected chi connectivity index (χ1v) is 3.23. The van der Waals surface area contributed by atoms with Crippen molar-refractivity contribution in [2.24, 2.45) is 0 Å². The topological polar surface area (TPSA) is 42.4 Å². The van der Waals surface area contributed by atoms with E-state index in [2.05, 4.69) is 9.72 Å². The minimum atomic E-state index is -2.88. The Morgan fingerprint density at radius 1 is 1.58 bits per heavy atom. The lowest BCUT2D eigenvalue weighted by Gasteiger charge is -2.03. The van der Waals surface area contributed by atoms with Crippen LogP contribution in [-0.4, -0.2) is 16.7 Å². The molecule has 0 aromatic carbocycles. The zero-order valence-corrected chi connectivity index (χ0v) is 6.08. The average molecular weight is 175 g/mol. The molecule has 0 saturated carbocycles. The van der Waals surface area contributed by atoms with Gasteiger partial charge in [-0.1, -0.05) is 0 Å². The number of halogens is 2. The van der Waals surface area contributed by atoms with Crippen LogP contribution >= 0.6 is 0 Å². The molecule has 1 aromatic heterocycles. The largest absolute Gasteiger partial charge is 0.417 e. The van der Waals surface area contributed by atoms with Crippen LogP contribution in [0.1, 0.15) is 5.56 Å². The number of alkyl halides is 2. The summed E-state index contributed by atoms with van der Waals surface area (Å²) in [6, 6.07) is 2.77. The SMILES string of the molecule is OCc1ccnc(OC(F)F)c1. The molecule has 0 spiro atoms. The third kappa shape index (κ3) is 2.43. The second-order valence-corrected chi connectivity index (χ2v) is 2.04. The van der Waals surface area contributed by atoms with Gasteiger partial charge in [-0.2, -0.15) is 8.78 Å². The molecule has 1 N–H and O–H groups in total. The maximum Gasteiger partial charge on any atom is 0.388 e. The molecule has 0 saturated heterocycles. The highest BCUT2D eigenvalue weighted by atomic mass is 19.3. The molecule has 1 rings (SSSR count). The lowest BCUT2D eigenvalue weighted by atomic mass is 10.3. The van der Waals surface area contributed by atoms with Gasteiger partial charge in [-0.15, -0.1) is 0 Å². The van der Waals surface area contributed by atoms with Crippen molar-refractivity contribution in [2.45, 2.75) is 13.2 Å². The Hall–Kier alpha value is -1.23. The Bertz CT molecular complexity index is 255. The smallest absolute Gasteiger partial charge is 0.388 e. The Morgan fingerprint density at radius 2 is 2.33 bits per heavy atom. The standard InChI is InChI=1S/C7H7F2NO2/c8-7(9)12-6-3-5(4-11)1-2-10-6/h1-3,7,11H,4H2. The van der Waals surface area contributed by atoms with Crippen LogP contribution in [0.25, 0.3) is 0 Å². The molecule has 0 aliphatic heterocycles. The van der Waals surface area contributed by atoms with Crippen LogP contribution in [0.2, 0.25) is 0 Å². The second kappa shape index (κ2) is 3.96. The van der Waals surface area contributed by atoms with Gasteiger partial charge in [0.1, 0.15) is 0 Å². The number of hydrogen-bond donors (Lipinski definition) is 1. The molecule has 0 bridgehead atoms. The van der Waals surface area contributed by atoms with Crippen molar-refractivity contribution in [3.63, 3.8) is 0 Å². The minimum absolute atomic E-state index is 0.184. The summed E-state index contributed by atoms with van der Waals surface area (Å²) in [5.74, 6) is -0.184. The molecule has 66 valence electrons. The van der Waals surface area contributed by atoms with Crippen LogP contribution in [0.4, 0.5) is 8.78 Å². The lowest BCUT2D eigenvalue weighted by Crippen LogP contribution is -2.03. The van der Waals surface area contributed by atoms with E-state index in [4.69, 9.17) is 5.11 Å². The van der Waals surface area contributed by atoms with Gasteiger partial charge in [0, 0.05) is 12.3 Å². The first-order chi connectivity index (χ1) is 5.72. The zero-order valence-electron chi connectivity index (χ0n) is 6.08. The van der Waals surface area contributed by atoms with Crippen molar-refractivity contribution in [2.75, 3.05) is 0 Å². The number of nitrogens with zero attached hydrogens (tertiary/aromatic N) is 1. The van der Waals surface area contributed by atoms with Crippen LogP contribution in [0, 0.1) is 0 Å². The fourth-order valence-corrected chi connectivity index (χ4v) is 0.705. The summed E-state index contributed by atoms with van der Waals surface area (Å²) in [7, 11) is 0. The first-order valence-electron chi connectivity index (χ1n) is 3.23. The van der Waals surface area contributed by atoms with Gasteiger partial charge < -0.3 is 9.84 Å². The van der Waals surface area contributed by atoms with Gasteiger partial charge in [-0.05, 0) is 11.6 Å². The number of aliphatic hydroxyl groups is 1. The molecule has 1 heterocycles. The molecule has 0 fully saturated rings. The van der Waals surface area contributed by atoms with Gasteiger partial charge in [0.05, 0.1) is 6.61 Å². The van der Waals surface area contributed by atoms with Gasteiger partial charge >= 0.3 is 6.61 Å². The van der Waals surface area contributed by atoms with Crippen molar-refractivity contribution < 1.29 is 18.6 Å². The summed E-state index contributed by atoms with van der Waals surface area (Å²) in [6.07, 6.45) is 1.29. The maximum atomic E-state index is 11.6. The van der Waals surface area contributed by atoms with E-state index in [1.54, 1.807) is 0 Å². The monoisotopic (exact) mass is 175 g/mol. The summed E-state index contributed by atoms with van der Waals surface area (Å²) in [4.78, 5) is 3.51. The Morgan fingerprint density at radius 3 is 2.92 bits per heavy atom. The molecule has 12 heavy (non-hydrogen) atoms. The average Bonchev–Trinajstić information content (AvgIpc) is 2.03. The summed E-state index contributed by atoms with van der Waals surface area (Å²) in [5.41, 5.74) is 0.487. The molecule has 5 heteroatoms. The van der Waals surface area contributed by atoms with Gasteiger partial charge in [-0.25, -0.2) is 4.98 Å². The van der Waals surface area contributed by atoms with Crippen molar-refractivity contribution in [3.8, 4) is 5.88 Å². The number of hydrogen-bond acceptors (Lipinski definition) is 3. The van der Waals surface area contributed by atoms with E-state index in [-0.39, 0.29) is 12.5 Å². The Kier molecular flexibility index (Phi) is 2.93. The second-order valence-electron chi connectivity index (χ2n) is 2.04. The van der Waals surface area contributed by atoms with Crippen LogP contribution in [0.15, 0.2) is 18.3 Å². The summed E-state index contributed by atoms with van der Waals surface area (Å²) < 4.78 is 27.3. The molecular formula is C7H7F2NO2. The fraction of sp³-hybridized carbons (Fsp3) is 0.286. The minimum Gasteiger partial charge on any atom is -0.417 e. The van der Waals surface area contributed by atoms with E-state index in [0.717, 1.165) is 0 Å². The number of aromatic nitrogens is 1. The van der Waals surface area contributed by atoms with Crippen molar-refractivity contribution >= 4 is 0 Å². The highest BCUT2D eigenvalue weighted by molar-refractivity contribution is 5.19. The van der Waals surface area contributed by atoms with Gasteiger partial charge in [0.25, 0.3) is 0 Å². The quantitative estimate of drug-likeness (QED) is 0.749. The highest BCUT2D eigenvalue weighted by Gasteiger charge is 2.04. The van der Waals surface area contributed by atoms with Crippen molar-refractivity contribution in [3.05, 3.63) is 23.9 Å². The summed E-state index contributed by atoms with van der Waals surface area (Å²) in [6.45, 7) is -3.10. The number of pyridine rings is 1. The van der Waals surface area contributed by atoms with Crippen molar-refractivity contribution in [1.29, 1.82) is 0 Å². The van der Waals surface area contributed by atoms with E-state index in [0.29, 0.717) is 5.56 Å². The summed E-state index contributed by atoms with van der Waals surface area (Å²) >= 11 is 0. The molecule has 0 aliphatic rings. The van der Waals surface area contributed by atoms with E-state index in [1.165, 1.54) is 18.3 Å². The fourth-order valence-electron chi connectivity index (χ4n) is 0.705. The Balaban J connectivity index is 2.72. The molecule has 0 radical (unpaired) electrons. The van der Waals surface area contributed by atoms with E-state index in [9.17, 15) is 8.78 Å². The third-order valence-electron chi connectivity index (χ3n) is 1.19. The molecule has 0 aliphatic carbocycles. The molecule has 1 aromatic rings. The van der Waals surface area contributed by atoms with E-state index < -0.39 is 6.61 Å². The third-order valence-corrected chi connectivity index (χ3v) is 1.19. The van der Waals surface area contributed by atoms with Crippen molar-refractivity contribution in [1.82, 2.24) is 4.98 Å². The summed E-state index contributed by atoms with van der Waals surface area (Å²) in [5, 5.41) is 8.63. The molecule has 0 atom stereocenters. The molecule has 0 unspecified atom stereocenters. The number of rotatable bonds is 3. The number of aliphatic hydroxyl groups excluding tert-OH is 1. The van der Waals surface area contributed by atoms with E-state index in [1.807, 2.05) is 0 Å². The zero-order chi connectivity index (χ0) is 8.97. The normalized spacial score (nSPS) is 10.3. The van der Waals surface area contributed by atoms with Crippen LogP contribution in [0.5, 0.6) is 5.88 Å². The Labute approximate surface area is 67.6 Å². The number of ether oxygens (including phenoxy) is 1.